The van der Waals surface area contributed by atoms with Gasteiger partial charge in [-0.3, -0.25) is 9.79 Å². The molecule has 4 aliphatic rings. The van der Waals surface area contributed by atoms with Crippen molar-refractivity contribution in [3.63, 3.8) is 0 Å². The van der Waals surface area contributed by atoms with Crippen LogP contribution < -0.4 is 10.2 Å². The Balaban J connectivity index is 1.41. The summed E-state index contributed by atoms with van der Waals surface area (Å²) in [6.07, 6.45) is 10.5. The lowest BCUT2D eigenvalue weighted by Crippen LogP contribution is -2.61. The minimum Gasteiger partial charge on any atom is -0.423 e. The number of cyclic esters (lactones) is 1. The third kappa shape index (κ3) is 6.52. The van der Waals surface area contributed by atoms with Gasteiger partial charge in [0.05, 0.1) is 37.3 Å². The number of ketones is 1. The molecule has 4 unspecified atom stereocenters. The Morgan fingerprint density at radius 1 is 1.27 bits per heavy atom. The molecule has 2 fully saturated rings. The number of carbonyl (C=O) groups is 2. The SMILES string of the molecule is C=C1C(NC(C)C(=O)CC2=NCC=N2)CC2[C@](C)(CC[C@@H](O)[C@@]2(C)CO)C1/C=C/C1=CC(=C\c2ccc(N(C)C)cc2)/OC1=O. The van der Waals surface area contributed by atoms with Gasteiger partial charge in [0.15, 0.2) is 5.78 Å². The second-order valence-electron chi connectivity index (χ2n) is 13.6. The first kappa shape index (κ1) is 32.7. The van der Waals surface area contributed by atoms with E-state index in [2.05, 4.69) is 28.8 Å². The zero-order chi connectivity index (χ0) is 32.5. The average molecular weight is 615 g/mol. The van der Waals surface area contributed by atoms with Crippen LogP contribution in [-0.4, -0.2) is 79.5 Å². The van der Waals surface area contributed by atoms with Crippen LogP contribution in [0.1, 0.15) is 52.0 Å². The molecule has 9 nitrogen and oxygen atoms in total. The number of aliphatic imine (C=N–C) groups is 2. The quantitative estimate of drug-likeness (QED) is 0.266. The molecule has 45 heavy (non-hydrogen) atoms. The van der Waals surface area contributed by atoms with Crippen LogP contribution in [0.5, 0.6) is 0 Å². The van der Waals surface area contributed by atoms with E-state index in [1.165, 1.54) is 0 Å². The van der Waals surface area contributed by atoms with Gasteiger partial charge < -0.3 is 25.2 Å². The van der Waals surface area contributed by atoms with Gasteiger partial charge in [0.25, 0.3) is 0 Å². The molecule has 3 N–H and O–H groups in total. The number of ether oxygens (including phenoxy) is 1. The van der Waals surface area contributed by atoms with Gasteiger partial charge in [0.2, 0.25) is 0 Å². The lowest BCUT2D eigenvalue weighted by atomic mass is 9.45. The van der Waals surface area contributed by atoms with Gasteiger partial charge in [0.1, 0.15) is 11.6 Å². The lowest BCUT2D eigenvalue weighted by Gasteiger charge is -2.61. The smallest absolute Gasteiger partial charge is 0.343 e. The van der Waals surface area contributed by atoms with Gasteiger partial charge in [-0.25, -0.2) is 9.79 Å². The summed E-state index contributed by atoms with van der Waals surface area (Å²) in [5, 5.41) is 25.2. The van der Waals surface area contributed by atoms with Gasteiger partial charge in [-0.15, -0.1) is 0 Å². The molecule has 0 saturated heterocycles. The number of rotatable bonds is 10. The van der Waals surface area contributed by atoms with E-state index in [-0.39, 0.29) is 42.1 Å². The van der Waals surface area contributed by atoms with Gasteiger partial charge in [-0.05, 0) is 67.4 Å². The van der Waals surface area contributed by atoms with Crippen molar-refractivity contribution < 1.29 is 24.5 Å². The summed E-state index contributed by atoms with van der Waals surface area (Å²) in [5.41, 5.74) is 2.30. The Bertz CT molecular complexity index is 1490. The molecule has 5 rings (SSSR count). The standard InChI is InChI=1S/C36H46N4O5/c1-22-28(12-9-25-18-27(45-34(25)44)17-24-7-10-26(11-8-24)40(5)6)35(3)14-13-32(43)36(4,21-41)31(35)19-29(22)39-23(2)30(42)20-33-37-15-16-38-33/h7-12,15,17-18,23,28-29,31-32,39,41,43H,1,13-14,16,19-21H2,2-6H3/b12-9+,27-17+/t23?,28?,29?,31?,32-,35-,36+/m1/s1. The molecule has 7 atom stereocenters. The van der Waals surface area contributed by atoms with E-state index in [4.69, 9.17) is 4.74 Å². The third-order valence-corrected chi connectivity index (χ3v) is 10.5. The van der Waals surface area contributed by atoms with E-state index >= 15 is 0 Å². The van der Waals surface area contributed by atoms with Gasteiger partial charge in [-0.2, -0.15) is 0 Å². The number of benzene rings is 1. The second-order valence-corrected chi connectivity index (χ2v) is 13.6. The molecular formula is C36H46N4O5. The van der Waals surface area contributed by atoms with Crippen molar-refractivity contribution in [2.45, 2.75) is 64.6 Å². The highest BCUT2D eigenvalue weighted by Gasteiger charge is 2.59. The molecule has 0 aromatic heterocycles. The summed E-state index contributed by atoms with van der Waals surface area (Å²) >= 11 is 0. The fourth-order valence-corrected chi connectivity index (χ4v) is 7.58. The molecule has 0 spiro atoms. The van der Waals surface area contributed by atoms with Gasteiger partial charge in [0, 0.05) is 43.4 Å². The normalized spacial score (nSPS) is 32.8. The number of amidine groups is 1. The summed E-state index contributed by atoms with van der Waals surface area (Å²) in [6, 6.07) is 7.27. The Labute approximate surface area is 266 Å². The van der Waals surface area contributed by atoms with E-state index in [1.54, 1.807) is 12.3 Å². The molecule has 9 heteroatoms. The maximum absolute atomic E-state index is 13.1. The minimum atomic E-state index is -0.732. The fraction of sp³-hybridized carbons (Fsp3) is 0.500. The monoisotopic (exact) mass is 614 g/mol. The van der Waals surface area contributed by atoms with Crippen LogP contribution in [0.3, 0.4) is 0 Å². The van der Waals surface area contributed by atoms with Crippen molar-refractivity contribution >= 4 is 35.6 Å². The highest BCUT2D eigenvalue weighted by molar-refractivity contribution is 6.07. The highest BCUT2D eigenvalue weighted by atomic mass is 16.5. The zero-order valence-electron chi connectivity index (χ0n) is 27.0. The molecule has 240 valence electrons. The van der Waals surface area contributed by atoms with Crippen LogP contribution in [0.4, 0.5) is 5.69 Å². The molecule has 0 amide bonds. The van der Waals surface area contributed by atoms with Crippen molar-refractivity contribution in [3.05, 3.63) is 71.5 Å². The number of hydrogen-bond acceptors (Lipinski definition) is 9. The maximum Gasteiger partial charge on any atom is 0.343 e. The van der Waals surface area contributed by atoms with Crippen LogP contribution in [0.15, 0.2) is 76.0 Å². The summed E-state index contributed by atoms with van der Waals surface area (Å²) in [4.78, 5) is 36.4. The maximum atomic E-state index is 13.1. The van der Waals surface area contributed by atoms with Crippen molar-refractivity contribution in [3.8, 4) is 0 Å². The summed E-state index contributed by atoms with van der Waals surface area (Å²) in [7, 11) is 3.97. The average Bonchev–Trinajstić information content (AvgIpc) is 3.65. The Morgan fingerprint density at radius 3 is 2.64 bits per heavy atom. The number of nitrogens with zero attached hydrogens (tertiary/aromatic N) is 3. The number of aliphatic hydroxyl groups excluding tert-OH is 2. The highest BCUT2D eigenvalue weighted by Crippen LogP contribution is 2.61. The van der Waals surface area contributed by atoms with E-state index in [0.29, 0.717) is 36.6 Å². The number of carbonyl (C=O) groups excluding carboxylic acids is 2. The predicted molar refractivity (Wildman–Crippen MR) is 178 cm³/mol. The first-order chi connectivity index (χ1) is 21.4. The molecule has 1 aromatic rings. The lowest BCUT2D eigenvalue weighted by molar-refractivity contribution is -0.149. The predicted octanol–water partition coefficient (Wildman–Crippen LogP) is 4.27. The van der Waals surface area contributed by atoms with Gasteiger partial charge >= 0.3 is 5.97 Å². The van der Waals surface area contributed by atoms with Crippen LogP contribution in [0.2, 0.25) is 0 Å². The molecule has 2 heterocycles. The number of fused-ring (bicyclic) bond motifs is 1. The number of hydrogen-bond donors (Lipinski definition) is 3. The van der Waals surface area contributed by atoms with E-state index < -0.39 is 23.5 Å². The first-order valence-electron chi connectivity index (χ1n) is 15.8. The van der Waals surface area contributed by atoms with Crippen LogP contribution in [-0.2, 0) is 14.3 Å². The molecular weight excluding hydrogens is 568 g/mol. The van der Waals surface area contributed by atoms with Crippen molar-refractivity contribution in [1.82, 2.24) is 5.32 Å². The van der Waals surface area contributed by atoms with E-state index in [1.807, 2.05) is 75.3 Å². The van der Waals surface area contributed by atoms with E-state index in [0.717, 1.165) is 23.2 Å². The largest absolute Gasteiger partial charge is 0.423 e. The molecule has 1 aromatic carbocycles. The molecule has 2 aliphatic heterocycles. The van der Waals surface area contributed by atoms with E-state index in [9.17, 15) is 19.8 Å². The van der Waals surface area contributed by atoms with Crippen molar-refractivity contribution in [1.29, 1.82) is 0 Å². The number of nitrogens with one attached hydrogen (secondary N) is 1. The Morgan fingerprint density at radius 2 is 2.00 bits per heavy atom. The van der Waals surface area contributed by atoms with Crippen LogP contribution in [0.25, 0.3) is 6.08 Å². The number of esters is 1. The Kier molecular flexibility index (Phi) is 9.44. The van der Waals surface area contributed by atoms with Gasteiger partial charge in [-0.1, -0.05) is 50.3 Å². The molecule has 2 aliphatic carbocycles. The third-order valence-electron chi connectivity index (χ3n) is 10.5. The molecule has 0 radical (unpaired) electrons. The second kappa shape index (κ2) is 13.0. The number of aliphatic hydroxyl groups is 2. The van der Waals surface area contributed by atoms with Crippen LogP contribution >= 0.6 is 0 Å². The summed E-state index contributed by atoms with van der Waals surface area (Å²) in [5.74, 6) is 0.329. The summed E-state index contributed by atoms with van der Waals surface area (Å²) in [6.45, 7) is 10.9. The van der Waals surface area contributed by atoms with Crippen molar-refractivity contribution in [2.75, 3.05) is 32.1 Å². The number of anilines is 1. The zero-order valence-corrected chi connectivity index (χ0v) is 27.0. The minimum absolute atomic E-state index is 0.0100. The van der Waals surface area contributed by atoms with Crippen LogP contribution in [0, 0.1) is 22.7 Å². The van der Waals surface area contributed by atoms with Crippen molar-refractivity contribution in [2.24, 2.45) is 32.7 Å². The fourth-order valence-electron chi connectivity index (χ4n) is 7.58. The topological polar surface area (TPSA) is 124 Å². The number of allylic oxidation sites excluding steroid dienone is 2. The first-order valence-corrected chi connectivity index (χ1v) is 15.8. The summed E-state index contributed by atoms with van der Waals surface area (Å²) < 4.78 is 5.58. The number of Topliss-reactive ketones (excluding diaryl/α,β-unsaturated/α-hetero) is 1. The molecule has 0 bridgehead atoms. The Hall–Kier alpha value is -3.66. The molecule has 2 saturated carbocycles.